The minimum Gasteiger partial charge on any atom is -0.0851 e. The fraction of sp³-hybridized carbons (Fsp3) is 0.294. The first kappa shape index (κ1) is 9.47. The molecule has 4 rings (SSSR count). The lowest BCUT2D eigenvalue weighted by Gasteiger charge is -2.20. The lowest BCUT2D eigenvalue weighted by Crippen LogP contribution is -2.05. The van der Waals surface area contributed by atoms with Gasteiger partial charge in [0.25, 0.3) is 0 Å². The van der Waals surface area contributed by atoms with Gasteiger partial charge in [-0.15, -0.1) is 0 Å². The maximum Gasteiger partial charge on any atom is -0.00870 e. The van der Waals surface area contributed by atoms with Crippen molar-refractivity contribution in [3.05, 3.63) is 60.2 Å². The monoisotopic (exact) mass is 220 g/mol. The molecule has 0 saturated heterocycles. The zero-order valence-electron chi connectivity index (χ0n) is 9.84. The van der Waals surface area contributed by atoms with E-state index in [9.17, 15) is 0 Å². The summed E-state index contributed by atoms with van der Waals surface area (Å²) < 4.78 is 0. The van der Waals surface area contributed by atoms with E-state index in [2.05, 4.69) is 54.6 Å². The maximum absolute atomic E-state index is 2.45. The van der Waals surface area contributed by atoms with E-state index in [0.717, 1.165) is 17.8 Å². The molecule has 0 radical (unpaired) electrons. The second kappa shape index (κ2) is 3.46. The predicted octanol–water partition coefficient (Wildman–Crippen LogP) is 4.52. The van der Waals surface area contributed by atoms with Gasteiger partial charge >= 0.3 is 0 Å². The SMILES string of the molecule is C1=C[C@@H]2C[C@H]1C[C@@H]2c1cccc2ccccc12. The number of fused-ring (bicyclic) bond motifs is 3. The van der Waals surface area contributed by atoms with Crippen LogP contribution in [0.3, 0.4) is 0 Å². The van der Waals surface area contributed by atoms with E-state index in [1.165, 1.54) is 23.6 Å². The first-order valence-corrected chi connectivity index (χ1v) is 6.58. The Kier molecular flexibility index (Phi) is 1.93. The molecule has 2 aromatic rings. The molecule has 84 valence electrons. The van der Waals surface area contributed by atoms with Crippen LogP contribution in [-0.2, 0) is 0 Å². The molecule has 0 amide bonds. The number of hydrogen-bond acceptors (Lipinski definition) is 0. The molecular formula is C17H16. The zero-order chi connectivity index (χ0) is 11.2. The minimum atomic E-state index is 0.760. The smallest absolute Gasteiger partial charge is 0.00870 e. The van der Waals surface area contributed by atoms with Crippen LogP contribution < -0.4 is 0 Å². The van der Waals surface area contributed by atoms with Crippen LogP contribution in [0, 0.1) is 11.8 Å². The Morgan fingerprint density at radius 3 is 2.53 bits per heavy atom. The molecule has 17 heavy (non-hydrogen) atoms. The van der Waals surface area contributed by atoms with E-state index >= 15 is 0 Å². The fourth-order valence-corrected chi connectivity index (χ4v) is 3.71. The van der Waals surface area contributed by atoms with Gasteiger partial charge in [0, 0.05) is 0 Å². The topological polar surface area (TPSA) is 0 Å². The molecule has 0 aliphatic heterocycles. The largest absolute Gasteiger partial charge is 0.0851 e. The highest BCUT2D eigenvalue weighted by Crippen LogP contribution is 2.49. The Hall–Kier alpha value is -1.56. The minimum absolute atomic E-state index is 0.760. The summed E-state index contributed by atoms with van der Waals surface area (Å²) in [5.41, 5.74) is 1.57. The Morgan fingerprint density at radius 1 is 0.824 bits per heavy atom. The molecule has 2 aliphatic carbocycles. The highest BCUT2D eigenvalue weighted by molar-refractivity contribution is 5.86. The molecular weight excluding hydrogens is 204 g/mol. The van der Waals surface area contributed by atoms with Gasteiger partial charge in [0.15, 0.2) is 0 Å². The van der Waals surface area contributed by atoms with Crippen LogP contribution in [0.25, 0.3) is 10.8 Å². The average Bonchev–Trinajstić information content (AvgIpc) is 3.00. The third-order valence-corrected chi connectivity index (χ3v) is 4.50. The van der Waals surface area contributed by atoms with Gasteiger partial charge in [-0.3, -0.25) is 0 Å². The van der Waals surface area contributed by atoms with Crippen molar-refractivity contribution >= 4 is 10.8 Å². The second-order valence-corrected chi connectivity index (χ2v) is 5.46. The summed E-state index contributed by atoms with van der Waals surface area (Å²) in [6, 6.07) is 15.6. The van der Waals surface area contributed by atoms with Crippen LogP contribution >= 0.6 is 0 Å². The molecule has 0 spiro atoms. The molecule has 2 aliphatic rings. The highest BCUT2D eigenvalue weighted by atomic mass is 14.4. The molecule has 0 N–H and O–H groups in total. The molecule has 0 unspecified atom stereocenters. The maximum atomic E-state index is 2.45. The van der Waals surface area contributed by atoms with Crippen molar-refractivity contribution < 1.29 is 0 Å². The third kappa shape index (κ3) is 1.37. The second-order valence-electron chi connectivity index (χ2n) is 5.46. The number of allylic oxidation sites excluding steroid dienone is 2. The fourth-order valence-electron chi connectivity index (χ4n) is 3.71. The standard InChI is InChI=1S/C17H16/c1-2-6-15-13(4-1)5-3-7-16(15)17-11-12-8-9-14(17)10-12/h1-9,12,14,17H,10-11H2/t12-,14+,17-/m0/s1. The van der Waals surface area contributed by atoms with Gasteiger partial charge in [-0.2, -0.15) is 0 Å². The Balaban J connectivity index is 1.88. The Morgan fingerprint density at radius 2 is 1.71 bits per heavy atom. The predicted molar refractivity (Wildman–Crippen MR) is 72.0 cm³/mol. The summed E-state index contributed by atoms with van der Waals surface area (Å²) in [4.78, 5) is 0. The van der Waals surface area contributed by atoms with E-state index in [1.54, 1.807) is 5.56 Å². The molecule has 0 nitrogen and oxygen atoms in total. The van der Waals surface area contributed by atoms with Crippen molar-refractivity contribution in [2.75, 3.05) is 0 Å². The van der Waals surface area contributed by atoms with Gasteiger partial charge in [-0.25, -0.2) is 0 Å². The Labute approximate surface area is 102 Å². The summed E-state index contributed by atoms with van der Waals surface area (Å²) in [5, 5.41) is 2.85. The van der Waals surface area contributed by atoms with Crippen LogP contribution in [0.4, 0.5) is 0 Å². The number of rotatable bonds is 1. The first-order valence-electron chi connectivity index (χ1n) is 6.58. The summed E-state index contributed by atoms with van der Waals surface area (Å²) in [7, 11) is 0. The molecule has 0 aromatic heterocycles. The van der Waals surface area contributed by atoms with Crippen molar-refractivity contribution in [3.8, 4) is 0 Å². The van der Waals surface area contributed by atoms with Crippen LogP contribution in [0.5, 0.6) is 0 Å². The van der Waals surface area contributed by atoms with Gasteiger partial charge in [-0.05, 0) is 46.9 Å². The summed E-state index contributed by atoms with van der Waals surface area (Å²) in [6.07, 6.45) is 7.61. The van der Waals surface area contributed by atoms with Gasteiger partial charge in [0.2, 0.25) is 0 Å². The van der Waals surface area contributed by atoms with Crippen molar-refractivity contribution in [2.24, 2.45) is 11.8 Å². The van der Waals surface area contributed by atoms with E-state index in [0.29, 0.717) is 0 Å². The third-order valence-electron chi connectivity index (χ3n) is 4.50. The van der Waals surface area contributed by atoms with Gasteiger partial charge < -0.3 is 0 Å². The van der Waals surface area contributed by atoms with E-state index < -0.39 is 0 Å². The van der Waals surface area contributed by atoms with Crippen molar-refractivity contribution in [2.45, 2.75) is 18.8 Å². The molecule has 2 aromatic carbocycles. The van der Waals surface area contributed by atoms with Crippen LogP contribution in [-0.4, -0.2) is 0 Å². The molecule has 1 fully saturated rings. The molecule has 3 atom stereocenters. The lowest BCUT2D eigenvalue weighted by molar-refractivity contribution is 0.589. The van der Waals surface area contributed by atoms with Crippen molar-refractivity contribution in [1.29, 1.82) is 0 Å². The van der Waals surface area contributed by atoms with E-state index in [1.807, 2.05) is 0 Å². The normalized spacial score (nSPS) is 30.2. The van der Waals surface area contributed by atoms with Gasteiger partial charge in [0.05, 0.1) is 0 Å². The van der Waals surface area contributed by atoms with E-state index in [-0.39, 0.29) is 0 Å². The number of benzene rings is 2. The summed E-state index contributed by atoms with van der Waals surface area (Å²) in [6.45, 7) is 0. The van der Waals surface area contributed by atoms with E-state index in [4.69, 9.17) is 0 Å². The molecule has 2 bridgehead atoms. The van der Waals surface area contributed by atoms with Crippen LogP contribution in [0.2, 0.25) is 0 Å². The lowest BCUT2D eigenvalue weighted by atomic mass is 9.84. The Bertz CT molecular complexity index is 589. The quantitative estimate of drug-likeness (QED) is 0.620. The highest BCUT2D eigenvalue weighted by Gasteiger charge is 2.36. The summed E-state index contributed by atoms with van der Waals surface area (Å²) >= 11 is 0. The van der Waals surface area contributed by atoms with Crippen molar-refractivity contribution in [3.63, 3.8) is 0 Å². The number of hydrogen-bond donors (Lipinski definition) is 0. The average molecular weight is 220 g/mol. The molecule has 1 saturated carbocycles. The zero-order valence-corrected chi connectivity index (χ0v) is 9.84. The first-order chi connectivity index (χ1) is 8.42. The van der Waals surface area contributed by atoms with Gasteiger partial charge in [0.1, 0.15) is 0 Å². The summed E-state index contributed by atoms with van der Waals surface area (Å²) in [5.74, 6) is 2.41. The van der Waals surface area contributed by atoms with Crippen LogP contribution in [0.1, 0.15) is 24.3 Å². The van der Waals surface area contributed by atoms with Gasteiger partial charge in [-0.1, -0.05) is 54.6 Å². The van der Waals surface area contributed by atoms with Crippen molar-refractivity contribution in [1.82, 2.24) is 0 Å². The molecule has 0 heterocycles. The molecule has 0 heteroatoms. The van der Waals surface area contributed by atoms with Crippen LogP contribution in [0.15, 0.2) is 54.6 Å².